The van der Waals surface area contributed by atoms with Gasteiger partial charge in [0.05, 0.1) is 16.7 Å². The molecule has 0 radical (unpaired) electrons. The first-order valence-electron chi connectivity index (χ1n) is 7.02. The molecule has 0 fully saturated rings. The van der Waals surface area contributed by atoms with E-state index in [4.69, 9.17) is 9.47 Å². The average molecular weight is 370 g/mol. The van der Waals surface area contributed by atoms with Crippen LogP contribution in [0.4, 0.5) is 0 Å². The number of imidazole rings is 1. The Morgan fingerprint density at radius 1 is 1.45 bits per heavy atom. The third-order valence-corrected chi connectivity index (χ3v) is 3.97. The molecule has 2 rings (SSSR count). The highest BCUT2D eigenvalue weighted by Crippen LogP contribution is 2.23. The van der Waals surface area contributed by atoms with Crippen LogP contribution in [0.25, 0.3) is 5.65 Å². The van der Waals surface area contributed by atoms with Crippen LogP contribution in [0.15, 0.2) is 16.7 Å². The number of aromatic nitrogens is 2. The lowest BCUT2D eigenvalue weighted by molar-refractivity contribution is -0.0974. The Balaban J connectivity index is 2.38. The maximum atomic E-state index is 12.6. The molecular formula is C15H20BrN3O3. The molecule has 0 aliphatic heterocycles. The van der Waals surface area contributed by atoms with Gasteiger partial charge in [0, 0.05) is 20.4 Å². The third-order valence-electron chi connectivity index (χ3n) is 3.39. The quantitative estimate of drug-likeness (QED) is 0.793. The lowest BCUT2D eigenvalue weighted by atomic mass is 10.2. The molecule has 1 N–H and O–H groups in total. The predicted octanol–water partition coefficient (Wildman–Crippen LogP) is 2.32. The number of nitrogens with zero attached hydrogens (tertiary/aromatic N) is 2. The average Bonchev–Trinajstić information content (AvgIpc) is 2.86. The van der Waals surface area contributed by atoms with Crippen molar-refractivity contribution in [2.24, 2.45) is 0 Å². The number of amides is 1. The van der Waals surface area contributed by atoms with Crippen LogP contribution in [-0.2, 0) is 15.9 Å². The van der Waals surface area contributed by atoms with Crippen molar-refractivity contribution in [2.75, 3.05) is 20.8 Å². The first-order chi connectivity index (χ1) is 10.5. The van der Waals surface area contributed by atoms with E-state index in [9.17, 15) is 4.79 Å². The maximum Gasteiger partial charge on any atom is 0.270 e. The number of rotatable bonds is 6. The van der Waals surface area contributed by atoms with Crippen molar-refractivity contribution in [3.8, 4) is 0 Å². The van der Waals surface area contributed by atoms with Gasteiger partial charge in [-0.05, 0) is 40.9 Å². The number of carbonyl (C=O) groups is 1. The monoisotopic (exact) mass is 369 g/mol. The number of fused-ring (bicyclic) bond motifs is 1. The van der Waals surface area contributed by atoms with Crippen molar-refractivity contribution in [2.45, 2.75) is 26.6 Å². The van der Waals surface area contributed by atoms with Gasteiger partial charge < -0.3 is 14.8 Å². The lowest BCUT2D eigenvalue weighted by Gasteiger charge is -2.14. The van der Waals surface area contributed by atoms with E-state index < -0.39 is 6.29 Å². The van der Waals surface area contributed by atoms with Crippen LogP contribution in [-0.4, -0.2) is 42.3 Å². The molecule has 0 unspecified atom stereocenters. The highest BCUT2D eigenvalue weighted by Gasteiger charge is 2.20. The highest BCUT2D eigenvalue weighted by molar-refractivity contribution is 9.10. The molecule has 0 atom stereocenters. The normalized spacial score (nSPS) is 11.4. The Bertz CT molecular complexity index is 680. The summed E-state index contributed by atoms with van der Waals surface area (Å²) in [6.07, 6.45) is 2.11. The predicted molar refractivity (Wildman–Crippen MR) is 87.1 cm³/mol. The molecule has 0 spiro atoms. The fourth-order valence-corrected chi connectivity index (χ4v) is 2.93. The van der Waals surface area contributed by atoms with Gasteiger partial charge in [-0.1, -0.05) is 6.92 Å². The summed E-state index contributed by atoms with van der Waals surface area (Å²) in [5.74, 6) is -0.194. The van der Waals surface area contributed by atoms with Crippen molar-refractivity contribution in [3.05, 3.63) is 33.7 Å². The smallest absolute Gasteiger partial charge is 0.270 e. The van der Waals surface area contributed by atoms with Crippen LogP contribution in [0.3, 0.4) is 0 Å². The summed E-state index contributed by atoms with van der Waals surface area (Å²) in [5, 5.41) is 2.83. The van der Waals surface area contributed by atoms with Crippen molar-refractivity contribution in [1.29, 1.82) is 0 Å². The summed E-state index contributed by atoms with van der Waals surface area (Å²) in [4.78, 5) is 17.1. The van der Waals surface area contributed by atoms with Crippen LogP contribution in [0.1, 0.15) is 28.7 Å². The van der Waals surface area contributed by atoms with E-state index in [1.807, 2.05) is 30.5 Å². The zero-order valence-corrected chi connectivity index (χ0v) is 14.7. The molecular weight excluding hydrogens is 350 g/mol. The molecule has 0 saturated heterocycles. The third kappa shape index (κ3) is 3.31. The minimum atomic E-state index is -0.471. The molecule has 1 amide bonds. The van der Waals surface area contributed by atoms with Gasteiger partial charge >= 0.3 is 0 Å². The topological polar surface area (TPSA) is 64.9 Å². The van der Waals surface area contributed by atoms with Gasteiger partial charge in [-0.25, -0.2) is 4.98 Å². The minimum absolute atomic E-state index is 0.194. The van der Waals surface area contributed by atoms with Gasteiger partial charge in [-0.3, -0.25) is 9.20 Å². The Morgan fingerprint density at radius 2 is 2.14 bits per heavy atom. The number of halogens is 1. The van der Waals surface area contributed by atoms with Gasteiger partial charge in [0.1, 0.15) is 5.69 Å². The van der Waals surface area contributed by atoms with E-state index in [-0.39, 0.29) is 12.5 Å². The summed E-state index contributed by atoms with van der Waals surface area (Å²) in [7, 11) is 3.07. The molecule has 0 aliphatic rings. The Labute approximate surface area is 137 Å². The van der Waals surface area contributed by atoms with E-state index >= 15 is 0 Å². The van der Waals surface area contributed by atoms with Crippen molar-refractivity contribution in [1.82, 2.24) is 14.7 Å². The zero-order valence-electron chi connectivity index (χ0n) is 13.1. The van der Waals surface area contributed by atoms with Crippen LogP contribution in [0.2, 0.25) is 0 Å². The largest absolute Gasteiger partial charge is 0.354 e. The van der Waals surface area contributed by atoms with Crippen LogP contribution >= 0.6 is 15.9 Å². The van der Waals surface area contributed by atoms with Gasteiger partial charge in [0.25, 0.3) is 5.91 Å². The first-order valence-corrected chi connectivity index (χ1v) is 7.82. The molecule has 6 nitrogen and oxygen atoms in total. The molecule has 2 aromatic heterocycles. The second-order valence-electron chi connectivity index (χ2n) is 4.93. The molecule has 0 bridgehead atoms. The molecule has 120 valence electrons. The molecule has 7 heteroatoms. The standard InChI is InChI=1S/C15H20BrN3O3/c1-5-11-13(15(20)17-7-12(21-3)22-4)19-8-9(2)6-10(16)14(19)18-11/h6,8,12H,5,7H2,1-4H3,(H,17,20). The van der Waals surface area contributed by atoms with Crippen LogP contribution < -0.4 is 5.32 Å². The van der Waals surface area contributed by atoms with E-state index in [0.717, 1.165) is 21.4 Å². The number of nitrogens with one attached hydrogen (secondary N) is 1. The molecule has 0 saturated carbocycles. The number of hydrogen-bond donors (Lipinski definition) is 1. The number of aryl methyl sites for hydroxylation is 2. The maximum absolute atomic E-state index is 12.6. The van der Waals surface area contributed by atoms with Crippen molar-refractivity contribution < 1.29 is 14.3 Å². The zero-order chi connectivity index (χ0) is 16.3. The number of methoxy groups -OCH3 is 2. The fraction of sp³-hybridized carbons (Fsp3) is 0.467. The molecule has 0 aliphatic carbocycles. The first kappa shape index (κ1) is 16.9. The molecule has 2 aromatic rings. The number of carbonyl (C=O) groups excluding carboxylic acids is 1. The Kier molecular flexibility index (Phi) is 5.55. The van der Waals surface area contributed by atoms with Gasteiger partial charge in [0.2, 0.25) is 0 Å². The van der Waals surface area contributed by atoms with E-state index in [1.165, 1.54) is 14.2 Å². The molecule has 22 heavy (non-hydrogen) atoms. The van der Waals surface area contributed by atoms with Crippen molar-refractivity contribution in [3.63, 3.8) is 0 Å². The summed E-state index contributed by atoms with van der Waals surface area (Å²) in [6.45, 7) is 4.23. The Hall–Kier alpha value is -1.44. The fourth-order valence-electron chi connectivity index (χ4n) is 2.29. The lowest BCUT2D eigenvalue weighted by Crippen LogP contribution is -2.35. The van der Waals surface area contributed by atoms with Gasteiger partial charge in [-0.2, -0.15) is 0 Å². The van der Waals surface area contributed by atoms with Crippen LogP contribution in [0, 0.1) is 6.92 Å². The van der Waals surface area contributed by atoms with Gasteiger partial charge in [-0.15, -0.1) is 0 Å². The number of hydrogen-bond acceptors (Lipinski definition) is 4. The summed E-state index contributed by atoms with van der Waals surface area (Å²) in [5.41, 5.74) is 3.09. The van der Waals surface area contributed by atoms with E-state index in [0.29, 0.717) is 12.1 Å². The summed E-state index contributed by atoms with van der Waals surface area (Å²) < 4.78 is 12.9. The number of pyridine rings is 1. The molecule has 2 heterocycles. The molecule has 0 aromatic carbocycles. The van der Waals surface area contributed by atoms with Gasteiger partial charge in [0.15, 0.2) is 11.9 Å². The SMILES string of the molecule is CCc1nc2c(Br)cc(C)cn2c1C(=O)NCC(OC)OC. The second kappa shape index (κ2) is 7.21. The minimum Gasteiger partial charge on any atom is -0.354 e. The van der Waals surface area contributed by atoms with E-state index in [2.05, 4.69) is 26.2 Å². The van der Waals surface area contributed by atoms with E-state index in [1.54, 1.807) is 0 Å². The summed E-state index contributed by atoms with van der Waals surface area (Å²) in [6, 6.07) is 1.98. The number of ether oxygens (including phenoxy) is 2. The Morgan fingerprint density at radius 3 is 2.73 bits per heavy atom. The summed E-state index contributed by atoms with van der Waals surface area (Å²) >= 11 is 3.50. The van der Waals surface area contributed by atoms with Crippen LogP contribution in [0.5, 0.6) is 0 Å². The highest BCUT2D eigenvalue weighted by atomic mass is 79.9. The van der Waals surface area contributed by atoms with Crippen molar-refractivity contribution >= 4 is 27.5 Å². The second-order valence-corrected chi connectivity index (χ2v) is 5.78.